The summed E-state index contributed by atoms with van der Waals surface area (Å²) in [6.07, 6.45) is 2.34. The van der Waals surface area contributed by atoms with Crippen molar-refractivity contribution in [1.29, 1.82) is 0 Å². The summed E-state index contributed by atoms with van der Waals surface area (Å²) in [5, 5.41) is 3.77. The lowest BCUT2D eigenvalue weighted by molar-refractivity contribution is -0.119. The average Bonchev–Trinajstić information content (AvgIpc) is 2.74. The molecular formula is C22H20FN3O4S. The fourth-order valence-electron chi connectivity index (χ4n) is 2.60. The molecule has 0 spiro atoms. The Morgan fingerprint density at radius 1 is 1.00 bits per heavy atom. The molecule has 0 aromatic heterocycles. The Kier molecular flexibility index (Phi) is 6.99. The normalized spacial score (nSPS) is 11.3. The third-order valence-electron chi connectivity index (χ3n) is 4.06. The Balaban J connectivity index is 1.66. The molecule has 0 heterocycles. The Labute approximate surface area is 179 Å². The van der Waals surface area contributed by atoms with Crippen molar-refractivity contribution in [3.63, 3.8) is 0 Å². The second kappa shape index (κ2) is 9.86. The second-order valence-electron chi connectivity index (χ2n) is 6.52. The number of para-hydroxylation sites is 1. The van der Waals surface area contributed by atoms with Gasteiger partial charge < -0.3 is 4.74 Å². The number of nitrogens with one attached hydrogen (secondary N) is 1. The van der Waals surface area contributed by atoms with Crippen LogP contribution >= 0.6 is 0 Å². The van der Waals surface area contributed by atoms with E-state index in [1.807, 2.05) is 18.2 Å². The molecule has 0 aliphatic carbocycles. The van der Waals surface area contributed by atoms with Gasteiger partial charge in [0.15, 0.2) is 0 Å². The van der Waals surface area contributed by atoms with E-state index in [0.29, 0.717) is 22.7 Å². The van der Waals surface area contributed by atoms with E-state index < -0.39 is 22.5 Å². The molecule has 1 N–H and O–H groups in total. The van der Waals surface area contributed by atoms with E-state index >= 15 is 0 Å². The van der Waals surface area contributed by atoms with Crippen molar-refractivity contribution in [3.8, 4) is 11.5 Å². The van der Waals surface area contributed by atoms with Gasteiger partial charge in [0.05, 0.1) is 18.2 Å². The van der Waals surface area contributed by atoms with Crippen LogP contribution in [0.25, 0.3) is 0 Å². The maximum atomic E-state index is 12.9. The number of nitrogens with zero attached hydrogens (tertiary/aromatic N) is 2. The van der Waals surface area contributed by atoms with Gasteiger partial charge in [-0.05, 0) is 54.1 Å². The first-order valence-corrected chi connectivity index (χ1v) is 11.0. The zero-order chi connectivity index (χ0) is 22.3. The molecule has 3 aromatic rings. The van der Waals surface area contributed by atoms with Gasteiger partial charge in [-0.2, -0.15) is 5.10 Å². The smallest absolute Gasteiger partial charge is 0.260 e. The van der Waals surface area contributed by atoms with E-state index in [1.165, 1.54) is 30.5 Å². The number of amides is 1. The lowest BCUT2D eigenvalue weighted by atomic mass is 10.2. The third-order valence-corrected chi connectivity index (χ3v) is 5.20. The van der Waals surface area contributed by atoms with Gasteiger partial charge in [-0.1, -0.05) is 30.3 Å². The van der Waals surface area contributed by atoms with Crippen molar-refractivity contribution in [1.82, 2.24) is 5.43 Å². The Bertz CT molecular complexity index is 1150. The number of carbonyl (C=O) groups excluding carboxylic acids is 1. The zero-order valence-electron chi connectivity index (χ0n) is 16.6. The Hall–Kier alpha value is -3.72. The van der Waals surface area contributed by atoms with Gasteiger partial charge in [0.1, 0.15) is 23.9 Å². The quantitative estimate of drug-likeness (QED) is 0.428. The van der Waals surface area contributed by atoms with Crippen LogP contribution in [0.15, 0.2) is 84.0 Å². The maximum absolute atomic E-state index is 12.9. The minimum Gasteiger partial charge on any atom is -0.457 e. The first-order chi connectivity index (χ1) is 14.8. The molecule has 0 aliphatic heterocycles. The summed E-state index contributed by atoms with van der Waals surface area (Å²) in [4.78, 5) is 12.2. The molecule has 160 valence electrons. The first-order valence-electron chi connectivity index (χ1n) is 9.19. The van der Waals surface area contributed by atoms with E-state index in [9.17, 15) is 17.6 Å². The number of anilines is 1. The molecule has 3 rings (SSSR count). The Morgan fingerprint density at radius 3 is 2.23 bits per heavy atom. The van der Waals surface area contributed by atoms with Crippen molar-refractivity contribution in [3.05, 3.63) is 90.2 Å². The van der Waals surface area contributed by atoms with Gasteiger partial charge in [-0.25, -0.2) is 18.2 Å². The number of hydrogen-bond donors (Lipinski definition) is 1. The fraction of sp³-hybridized carbons (Fsp3) is 0.0909. The number of hydrazone groups is 1. The maximum Gasteiger partial charge on any atom is 0.260 e. The molecular weight excluding hydrogens is 421 g/mol. The molecule has 3 aromatic carbocycles. The monoisotopic (exact) mass is 441 g/mol. The molecule has 0 saturated heterocycles. The van der Waals surface area contributed by atoms with Crippen molar-refractivity contribution in [2.24, 2.45) is 5.10 Å². The van der Waals surface area contributed by atoms with E-state index in [0.717, 1.165) is 10.6 Å². The van der Waals surface area contributed by atoms with Crippen LogP contribution in [0.2, 0.25) is 0 Å². The predicted octanol–water partition coefficient (Wildman–Crippen LogP) is 3.53. The summed E-state index contributed by atoms with van der Waals surface area (Å²) in [6.45, 7) is -0.460. The lowest BCUT2D eigenvalue weighted by Gasteiger charge is -2.21. The third kappa shape index (κ3) is 6.65. The average molecular weight is 441 g/mol. The van der Waals surface area contributed by atoms with Crippen LogP contribution in [0.1, 0.15) is 5.56 Å². The molecule has 1 amide bonds. The van der Waals surface area contributed by atoms with Crippen LogP contribution in [-0.4, -0.2) is 33.3 Å². The summed E-state index contributed by atoms with van der Waals surface area (Å²) in [7, 11) is -3.73. The highest BCUT2D eigenvalue weighted by molar-refractivity contribution is 7.92. The molecule has 0 saturated carbocycles. The van der Waals surface area contributed by atoms with Crippen LogP contribution in [0, 0.1) is 5.82 Å². The van der Waals surface area contributed by atoms with Crippen LogP contribution in [0.5, 0.6) is 11.5 Å². The van der Waals surface area contributed by atoms with Crippen LogP contribution in [-0.2, 0) is 14.8 Å². The minimum absolute atomic E-state index is 0.306. The topological polar surface area (TPSA) is 88.1 Å². The van der Waals surface area contributed by atoms with E-state index in [1.54, 1.807) is 36.4 Å². The van der Waals surface area contributed by atoms with Crippen LogP contribution in [0.4, 0.5) is 10.1 Å². The zero-order valence-corrected chi connectivity index (χ0v) is 17.4. The van der Waals surface area contributed by atoms with Gasteiger partial charge in [-0.15, -0.1) is 0 Å². The van der Waals surface area contributed by atoms with Crippen molar-refractivity contribution >= 4 is 27.8 Å². The highest BCUT2D eigenvalue weighted by Crippen LogP contribution is 2.25. The molecule has 0 bridgehead atoms. The van der Waals surface area contributed by atoms with E-state index in [4.69, 9.17) is 4.74 Å². The van der Waals surface area contributed by atoms with Crippen molar-refractivity contribution in [2.45, 2.75) is 0 Å². The van der Waals surface area contributed by atoms with Crippen LogP contribution < -0.4 is 14.5 Å². The predicted molar refractivity (Wildman–Crippen MR) is 117 cm³/mol. The number of rotatable bonds is 8. The highest BCUT2D eigenvalue weighted by atomic mass is 32.2. The summed E-state index contributed by atoms with van der Waals surface area (Å²) in [5.41, 5.74) is 3.15. The summed E-state index contributed by atoms with van der Waals surface area (Å²) >= 11 is 0. The fourth-order valence-corrected chi connectivity index (χ4v) is 3.45. The summed E-state index contributed by atoms with van der Waals surface area (Å²) in [5.74, 6) is 0.156. The number of benzene rings is 3. The van der Waals surface area contributed by atoms with Gasteiger partial charge in [-0.3, -0.25) is 9.10 Å². The number of ether oxygens (including phenoxy) is 1. The number of sulfonamides is 1. The Morgan fingerprint density at radius 2 is 1.61 bits per heavy atom. The van der Waals surface area contributed by atoms with E-state index in [-0.39, 0.29) is 5.82 Å². The van der Waals surface area contributed by atoms with Gasteiger partial charge in [0.2, 0.25) is 10.0 Å². The number of carbonyl (C=O) groups is 1. The van der Waals surface area contributed by atoms with Crippen LogP contribution in [0.3, 0.4) is 0 Å². The van der Waals surface area contributed by atoms with E-state index in [2.05, 4.69) is 10.5 Å². The molecule has 0 radical (unpaired) electrons. The van der Waals surface area contributed by atoms with Gasteiger partial charge in [0, 0.05) is 0 Å². The first kappa shape index (κ1) is 22.0. The minimum atomic E-state index is -3.73. The summed E-state index contributed by atoms with van der Waals surface area (Å²) < 4.78 is 44.0. The number of halogens is 1. The molecule has 0 unspecified atom stereocenters. The van der Waals surface area contributed by atoms with Crippen molar-refractivity contribution in [2.75, 3.05) is 17.1 Å². The van der Waals surface area contributed by atoms with Gasteiger partial charge >= 0.3 is 0 Å². The SMILES string of the molecule is CS(=O)(=O)N(CC(=O)N/N=C/c1ccc(F)cc1)c1ccc(Oc2ccccc2)cc1. The molecule has 9 heteroatoms. The molecule has 31 heavy (non-hydrogen) atoms. The molecule has 7 nitrogen and oxygen atoms in total. The highest BCUT2D eigenvalue weighted by Gasteiger charge is 2.20. The largest absolute Gasteiger partial charge is 0.457 e. The summed E-state index contributed by atoms with van der Waals surface area (Å²) in [6, 6.07) is 21.0. The molecule has 0 atom stereocenters. The standard InChI is InChI=1S/C22H20FN3O4S/c1-31(28,29)26(16-22(27)25-24-15-17-7-9-18(23)10-8-17)19-11-13-21(14-12-19)30-20-5-3-2-4-6-20/h2-15H,16H2,1H3,(H,25,27)/b24-15+. The number of hydrogen-bond acceptors (Lipinski definition) is 5. The second-order valence-corrected chi connectivity index (χ2v) is 8.43. The molecule has 0 fully saturated rings. The van der Waals surface area contributed by atoms with Crippen molar-refractivity contribution < 1.29 is 22.3 Å². The van der Waals surface area contributed by atoms with Gasteiger partial charge in [0.25, 0.3) is 5.91 Å². The molecule has 0 aliphatic rings. The lowest BCUT2D eigenvalue weighted by Crippen LogP contribution is -2.38.